The Labute approximate surface area is 156 Å². The third-order valence-corrected chi connectivity index (χ3v) is 4.12. The quantitative estimate of drug-likeness (QED) is 0.528. The van der Waals surface area contributed by atoms with Crippen molar-refractivity contribution in [2.75, 3.05) is 7.11 Å². The van der Waals surface area contributed by atoms with Gasteiger partial charge in [-0.15, -0.1) is 0 Å². The van der Waals surface area contributed by atoms with Gasteiger partial charge in [-0.1, -0.05) is 18.2 Å². The van der Waals surface area contributed by atoms with E-state index in [-0.39, 0.29) is 23.1 Å². The zero-order chi connectivity index (χ0) is 18.7. The second-order valence-corrected chi connectivity index (χ2v) is 5.96. The van der Waals surface area contributed by atoms with Crippen molar-refractivity contribution in [1.82, 2.24) is 0 Å². The van der Waals surface area contributed by atoms with Gasteiger partial charge in [-0.2, -0.15) is 8.78 Å². The second kappa shape index (κ2) is 7.65. The van der Waals surface area contributed by atoms with Gasteiger partial charge in [0.25, 0.3) is 0 Å². The number of esters is 1. The topological polar surface area (TPSA) is 57.1 Å². The average molecular weight is 424 g/mol. The number of methoxy groups -OCH3 is 1. The summed E-state index contributed by atoms with van der Waals surface area (Å²) >= 11 is 3.37. The average Bonchev–Trinajstić information content (AvgIpc) is 2.95. The summed E-state index contributed by atoms with van der Waals surface area (Å²) in [6, 6.07) is 11.5. The van der Waals surface area contributed by atoms with Gasteiger partial charge in [0.1, 0.15) is 0 Å². The first-order valence-electron chi connectivity index (χ1n) is 7.38. The molecule has 0 aliphatic carbocycles. The van der Waals surface area contributed by atoms with Crippen LogP contribution < -0.4 is 9.47 Å². The number of carbonyl (C=O) groups is 1. The SMILES string of the molecule is COc1ccc(/C=C2\N=C(c3ccccc3Br)OC2=O)cc1OC(F)F. The number of carbonyl (C=O) groups excluding carboxylic acids is 1. The van der Waals surface area contributed by atoms with Crippen LogP contribution in [-0.4, -0.2) is 25.6 Å². The van der Waals surface area contributed by atoms with Gasteiger partial charge >= 0.3 is 12.6 Å². The number of rotatable bonds is 5. The normalized spacial score (nSPS) is 15.2. The van der Waals surface area contributed by atoms with E-state index in [1.54, 1.807) is 24.3 Å². The van der Waals surface area contributed by atoms with Crippen LogP contribution in [-0.2, 0) is 9.53 Å². The molecule has 0 fully saturated rings. The molecule has 0 bridgehead atoms. The fraction of sp³-hybridized carbons (Fsp3) is 0.111. The largest absolute Gasteiger partial charge is 0.493 e. The van der Waals surface area contributed by atoms with Gasteiger partial charge in [0, 0.05) is 4.47 Å². The lowest BCUT2D eigenvalue weighted by molar-refractivity contribution is -0.129. The second-order valence-electron chi connectivity index (χ2n) is 5.10. The van der Waals surface area contributed by atoms with Gasteiger partial charge in [-0.25, -0.2) is 9.79 Å². The van der Waals surface area contributed by atoms with Crippen molar-refractivity contribution in [3.63, 3.8) is 0 Å². The summed E-state index contributed by atoms with van der Waals surface area (Å²) < 4.78 is 40.4. The number of alkyl halides is 2. The first-order valence-corrected chi connectivity index (χ1v) is 8.17. The fourth-order valence-electron chi connectivity index (χ4n) is 2.29. The lowest BCUT2D eigenvalue weighted by atomic mass is 10.1. The van der Waals surface area contributed by atoms with Gasteiger partial charge in [0.2, 0.25) is 5.90 Å². The molecule has 8 heteroatoms. The first-order chi connectivity index (χ1) is 12.5. The third kappa shape index (κ3) is 3.91. The van der Waals surface area contributed by atoms with Crippen molar-refractivity contribution in [2.24, 2.45) is 4.99 Å². The molecule has 134 valence electrons. The van der Waals surface area contributed by atoms with E-state index in [0.29, 0.717) is 11.1 Å². The van der Waals surface area contributed by atoms with Crippen LogP contribution in [0.4, 0.5) is 8.78 Å². The van der Waals surface area contributed by atoms with Crippen molar-refractivity contribution in [2.45, 2.75) is 6.61 Å². The van der Waals surface area contributed by atoms with Gasteiger partial charge < -0.3 is 14.2 Å². The zero-order valence-electron chi connectivity index (χ0n) is 13.4. The molecule has 0 spiro atoms. The molecule has 0 saturated carbocycles. The minimum absolute atomic E-state index is 0.0453. The molecular formula is C18H12BrF2NO4. The summed E-state index contributed by atoms with van der Waals surface area (Å²) in [5, 5.41) is 0. The Balaban J connectivity index is 1.94. The molecule has 0 saturated heterocycles. The maximum absolute atomic E-state index is 12.5. The number of benzene rings is 2. The molecule has 0 aromatic heterocycles. The van der Waals surface area contributed by atoms with E-state index in [4.69, 9.17) is 9.47 Å². The van der Waals surface area contributed by atoms with E-state index in [9.17, 15) is 13.6 Å². The minimum atomic E-state index is -3.00. The van der Waals surface area contributed by atoms with Crippen LogP contribution in [0.3, 0.4) is 0 Å². The van der Waals surface area contributed by atoms with Crippen molar-refractivity contribution in [3.05, 3.63) is 63.8 Å². The molecule has 0 atom stereocenters. The van der Waals surface area contributed by atoms with Crippen LogP contribution in [0.15, 0.2) is 57.6 Å². The number of ether oxygens (including phenoxy) is 3. The summed E-state index contributed by atoms with van der Waals surface area (Å²) in [4.78, 5) is 16.2. The fourth-order valence-corrected chi connectivity index (χ4v) is 2.74. The van der Waals surface area contributed by atoms with Crippen molar-refractivity contribution >= 4 is 33.9 Å². The molecule has 5 nitrogen and oxygen atoms in total. The van der Waals surface area contributed by atoms with Crippen LogP contribution >= 0.6 is 15.9 Å². The van der Waals surface area contributed by atoms with Crippen LogP contribution in [0, 0.1) is 0 Å². The van der Waals surface area contributed by atoms with Crippen molar-refractivity contribution in [1.29, 1.82) is 0 Å². The predicted octanol–water partition coefficient (Wildman–Crippen LogP) is 4.40. The molecule has 1 aliphatic rings. The van der Waals surface area contributed by atoms with Crippen LogP contribution in [0.25, 0.3) is 6.08 Å². The molecule has 1 aliphatic heterocycles. The maximum atomic E-state index is 12.5. The van der Waals surface area contributed by atoms with E-state index in [1.165, 1.54) is 25.3 Å². The van der Waals surface area contributed by atoms with Crippen LogP contribution in [0.2, 0.25) is 0 Å². The first kappa shape index (κ1) is 18.1. The maximum Gasteiger partial charge on any atom is 0.387 e. The smallest absolute Gasteiger partial charge is 0.387 e. The summed E-state index contributed by atoms with van der Waals surface area (Å²) in [7, 11) is 1.34. The Bertz CT molecular complexity index is 912. The van der Waals surface area contributed by atoms with Crippen molar-refractivity contribution < 1.29 is 27.8 Å². The zero-order valence-corrected chi connectivity index (χ0v) is 15.0. The lowest BCUT2D eigenvalue weighted by Crippen LogP contribution is -2.06. The summed E-state index contributed by atoms with van der Waals surface area (Å²) in [6.45, 7) is -3.00. The Hall–Kier alpha value is -2.74. The third-order valence-electron chi connectivity index (χ3n) is 3.43. The Kier molecular flexibility index (Phi) is 5.32. The minimum Gasteiger partial charge on any atom is -0.493 e. The van der Waals surface area contributed by atoms with Crippen LogP contribution in [0.5, 0.6) is 11.5 Å². The Morgan fingerprint density at radius 3 is 2.65 bits per heavy atom. The van der Waals surface area contributed by atoms with Crippen LogP contribution in [0.1, 0.15) is 11.1 Å². The number of cyclic esters (lactones) is 1. The number of aliphatic imine (C=N–C) groups is 1. The lowest BCUT2D eigenvalue weighted by Gasteiger charge is -2.10. The molecule has 26 heavy (non-hydrogen) atoms. The van der Waals surface area contributed by atoms with E-state index in [1.807, 2.05) is 6.07 Å². The summed E-state index contributed by atoms with van der Waals surface area (Å²) in [5.41, 5.74) is 1.11. The molecule has 3 rings (SSSR count). The number of nitrogens with zero attached hydrogens (tertiary/aromatic N) is 1. The van der Waals surface area contributed by atoms with E-state index in [0.717, 1.165) is 4.47 Å². The highest BCUT2D eigenvalue weighted by molar-refractivity contribution is 9.10. The molecular weight excluding hydrogens is 412 g/mol. The summed E-state index contributed by atoms with van der Waals surface area (Å²) in [5.74, 6) is -0.466. The predicted molar refractivity (Wildman–Crippen MR) is 94.4 cm³/mol. The van der Waals surface area contributed by atoms with E-state index in [2.05, 4.69) is 25.7 Å². The van der Waals surface area contributed by atoms with Gasteiger partial charge in [-0.05, 0) is 51.8 Å². The van der Waals surface area contributed by atoms with Crippen molar-refractivity contribution in [3.8, 4) is 11.5 Å². The molecule has 2 aromatic rings. The van der Waals surface area contributed by atoms with Gasteiger partial charge in [0.15, 0.2) is 17.2 Å². The molecule has 2 aromatic carbocycles. The Morgan fingerprint density at radius 2 is 1.96 bits per heavy atom. The molecule has 0 radical (unpaired) electrons. The van der Waals surface area contributed by atoms with E-state index >= 15 is 0 Å². The van der Waals surface area contributed by atoms with Gasteiger partial charge in [-0.3, -0.25) is 0 Å². The number of halogens is 3. The van der Waals surface area contributed by atoms with E-state index < -0.39 is 12.6 Å². The van der Waals surface area contributed by atoms with Gasteiger partial charge in [0.05, 0.1) is 12.7 Å². The molecule has 0 unspecified atom stereocenters. The summed E-state index contributed by atoms with van der Waals surface area (Å²) in [6.07, 6.45) is 1.42. The highest BCUT2D eigenvalue weighted by Gasteiger charge is 2.25. The molecule has 1 heterocycles. The highest BCUT2D eigenvalue weighted by Crippen LogP contribution is 2.31. The molecule has 0 N–H and O–H groups in total. The highest BCUT2D eigenvalue weighted by atomic mass is 79.9. The standard InChI is InChI=1S/C18H12BrF2NO4/c1-24-14-7-6-10(9-15(14)25-18(20)21)8-13-17(23)26-16(22-13)11-4-2-3-5-12(11)19/h2-9,18H,1H3/b13-8-. The number of hydrogen-bond acceptors (Lipinski definition) is 5. The Morgan fingerprint density at radius 1 is 1.19 bits per heavy atom. The molecule has 0 amide bonds. The monoisotopic (exact) mass is 423 g/mol. The number of hydrogen-bond donors (Lipinski definition) is 0.